The van der Waals surface area contributed by atoms with Crippen molar-refractivity contribution in [3.05, 3.63) is 41.5 Å². The van der Waals surface area contributed by atoms with Crippen LogP contribution in [-0.2, 0) is 10.4 Å². The van der Waals surface area contributed by atoms with Crippen LogP contribution in [0.4, 0.5) is 0 Å². The molecule has 1 aliphatic rings. The van der Waals surface area contributed by atoms with E-state index in [-0.39, 0.29) is 5.78 Å². The summed E-state index contributed by atoms with van der Waals surface area (Å²) in [5.74, 6) is -0.0679. The van der Waals surface area contributed by atoms with Gasteiger partial charge in [0.25, 0.3) is 0 Å². The summed E-state index contributed by atoms with van der Waals surface area (Å²) in [6, 6.07) is 7.60. The van der Waals surface area contributed by atoms with Crippen LogP contribution in [0.3, 0.4) is 0 Å². The zero-order valence-electron chi connectivity index (χ0n) is 14.4. The Morgan fingerprint density at radius 1 is 0.957 bits per heavy atom. The van der Waals surface area contributed by atoms with Gasteiger partial charge in [-0.25, -0.2) is 0 Å². The van der Waals surface area contributed by atoms with Gasteiger partial charge < -0.3 is 5.11 Å². The highest BCUT2D eigenvalue weighted by Gasteiger charge is 2.38. The van der Waals surface area contributed by atoms with Gasteiger partial charge in [-0.2, -0.15) is 0 Å². The maximum absolute atomic E-state index is 12.4. The van der Waals surface area contributed by atoms with Crippen LogP contribution in [0.15, 0.2) is 30.3 Å². The Morgan fingerprint density at radius 3 is 2.26 bits per heavy atom. The first-order valence-electron chi connectivity index (χ1n) is 9.23. The van der Waals surface area contributed by atoms with Gasteiger partial charge >= 0.3 is 0 Å². The van der Waals surface area contributed by atoms with Gasteiger partial charge in [0.2, 0.25) is 0 Å². The summed E-state index contributed by atoms with van der Waals surface area (Å²) < 4.78 is 0. The molecule has 0 saturated carbocycles. The molecule has 1 aliphatic carbocycles. The summed E-state index contributed by atoms with van der Waals surface area (Å²) >= 11 is 0. The highest BCUT2D eigenvalue weighted by molar-refractivity contribution is 5.94. The van der Waals surface area contributed by atoms with E-state index in [1.54, 1.807) is 6.08 Å². The van der Waals surface area contributed by atoms with Crippen LogP contribution >= 0.6 is 0 Å². The van der Waals surface area contributed by atoms with Crippen LogP contribution in [-0.4, -0.2) is 10.9 Å². The molecule has 1 aromatic carbocycles. The summed E-state index contributed by atoms with van der Waals surface area (Å²) in [5.41, 5.74) is 0.299. The SMILES string of the molecule is CCCCCCCCCCCC(=O)C1(O)C=Cc2ccccc21. The number of carbonyl (C=O) groups is 1. The van der Waals surface area contributed by atoms with E-state index >= 15 is 0 Å². The number of unbranched alkanes of at least 4 members (excludes halogenated alkanes) is 8. The maximum Gasteiger partial charge on any atom is 0.172 e. The van der Waals surface area contributed by atoms with Crippen molar-refractivity contribution >= 4 is 11.9 Å². The number of hydrogen-bond donors (Lipinski definition) is 1. The molecule has 1 atom stereocenters. The van der Waals surface area contributed by atoms with E-state index in [0.29, 0.717) is 6.42 Å². The van der Waals surface area contributed by atoms with Crippen molar-refractivity contribution in [1.29, 1.82) is 0 Å². The van der Waals surface area contributed by atoms with Crippen molar-refractivity contribution in [1.82, 2.24) is 0 Å². The standard InChI is InChI=1S/C21H30O2/c1-2-3-4-5-6-7-8-9-10-15-20(22)21(23)17-16-18-13-11-12-14-19(18)21/h11-14,16-17,23H,2-10,15H2,1H3. The number of benzene rings is 1. The first-order valence-corrected chi connectivity index (χ1v) is 9.23. The monoisotopic (exact) mass is 314 g/mol. The van der Waals surface area contributed by atoms with E-state index in [2.05, 4.69) is 6.92 Å². The van der Waals surface area contributed by atoms with Crippen LogP contribution < -0.4 is 0 Å². The molecular formula is C21H30O2. The molecule has 0 fully saturated rings. The number of fused-ring (bicyclic) bond motifs is 1. The van der Waals surface area contributed by atoms with Crippen molar-refractivity contribution in [3.63, 3.8) is 0 Å². The molecule has 1 aromatic rings. The molecule has 1 unspecified atom stereocenters. The molecule has 0 radical (unpaired) electrons. The van der Waals surface area contributed by atoms with E-state index in [1.807, 2.05) is 30.3 Å². The average Bonchev–Trinajstić information content (AvgIpc) is 2.92. The van der Waals surface area contributed by atoms with E-state index in [4.69, 9.17) is 0 Å². The number of aliphatic hydroxyl groups is 1. The van der Waals surface area contributed by atoms with Crippen LogP contribution in [0.2, 0.25) is 0 Å². The van der Waals surface area contributed by atoms with Gasteiger partial charge in [0.15, 0.2) is 11.4 Å². The molecule has 126 valence electrons. The largest absolute Gasteiger partial charge is 0.374 e. The third kappa shape index (κ3) is 4.78. The molecule has 2 nitrogen and oxygen atoms in total. The Balaban J connectivity index is 1.65. The Bertz CT molecular complexity index is 532. The number of ketones is 1. The van der Waals surface area contributed by atoms with Crippen molar-refractivity contribution in [2.75, 3.05) is 0 Å². The number of hydrogen-bond acceptors (Lipinski definition) is 2. The fourth-order valence-electron chi connectivity index (χ4n) is 3.32. The lowest BCUT2D eigenvalue weighted by Gasteiger charge is -2.21. The highest BCUT2D eigenvalue weighted by Crippen LogP contribution is 2.35. The molecule has 1 N–H and O–H groups in total. The topological polar surface area (TPSA) is 37.3 Å². The van der Waals surface area contributed by atoms with Crippen molar-refractivity contribution < 1.29 is 9.90 Å². The summed E-state index contributed by atoms with van der Waals surface area (Å²) in [7, 11) is 0. The van der Waals surface area contributed by atoms with E-state index in [0.717, 1.165) is 24.0 Å². The summed E-state index contributed by atoms with van der Waals surface area (Å²) in [6.45, 7) is 2.24. The number of rotatable bonds is 11. The minimum atomic E-state index is -1.39. The molecule has 2 rings (SSSR count). The Hall–Kier alpha value is -1.41. The van der Waals surface area contributed by atoms with Crippen LogP contribution in [0.5, 0.6) is 0 Å². The van der Waals surface area contributed by atoms with E-state index < -0.39 is 5.60 Å². The Morgan fingerprint density at radius 2 is 1.57 bits per heavy atom. The summed E-state index contributed by atoms with van der Waals surface area (Å²) in [4.78, 5) is 12.4. The fraction of sp³-hybridized carbons (Fsp3) is 0.571. The minimum absolute atomic E-state index is 0.0679. The second-order valence-corrected chi connectivity index (χ2v) is 6.69. The molecule has 0 amide bonds. The molecule has 2 heteroatoms. The predicted molar refractivity (Wildman–Crippen MR) is 96.2 cm³/mol. The van der Waals surface area contributed by atoms with Gasteiger partial charge in [0.05, 0.1) is 0 Å². The average molecular weight is 314 g/mol. The molecule has 0 aromatic heterocycles. The molecule has 0 saturated heterocycles. The fourth-order valence-corrected chi connectivity index (χ4v) is 3.32. The van der Waals surface area contributed by atoms with Crippen molar-refractivity contribution in [2.24, 2.45) is 0 Å². The molecule has 0 bridgehead atoms. The number of Topliss-reactive ketones (excluding diaryl/α,β-unsaturated/α-hetero) is 1. The van der Waals surface area contributed by atoms with Gasteiger partial charge in [-0.1, -0.05) is 88.6 Å². The second-order valence-electron chi connectivity index (χ2n) is 6.69. The molecular weight excluding hydrogens is 284 g/mol. The van der Waals surface area contributed by atoms with Gasteiger partial charge in [-0.05, 0) is 18.1 Å². The van der Waals surface area contributed by atoms with Crippen molar-refractivity contribution in [2.45, 2.75) is 76.7 Å². The molecule has 0 spiro atoms. The van der Waals surface area contributed by atoms with Gasteiger partial charge in [-0.3, -0.25) is 4.79 Å². The Kier molecular flexibility index (Phi) is 7.04. The van der Waals surface area contributed by atoms with Crippen LogP contribution in [0, 0.1) is 0 Å². The third-order valence-corrected chi connectivity index (χ3v) is 4.81. The van der Waals surface area contributed by atoms with Crippen molar-refractivity contribution in [3.8, 4) is 0 Å². The van der Waals surface area contributed by atoms with Gasteiger partial charge in [0.1, 0.15) is 0 Å². The minimum Gasteiger partial charge on any atom is -0.374 e. The summed E-state index contributed by atoms with van der Waals surface area (Å²) in [6.07, 6.45) is 15.0. The van der Waals surface area contributed by atoms with E-state index in [9.17, 15) is 9.90 Å². The zero-order valence-corrected chi connectivity index (χ0v) is 14.4. The second kappa shape index (κ2) is 9.02. The lowest BCUT2D eigenvalue weighted by atomic mass is 9.88. The Labute approximate surface area is 140 Å². The maximum atomic E-state index is 12.4. The highest BCUT2D eigenvalue weighted by atomic mass is 16.3. The molecule has 0 heterocycles. The van der Waals surface area contributed by atoms with E-state index in [1.165, 1.54) is 44.9 Å². The smallest absolute Gasteiger partial charge is 0.172 e. The summed E-state index contributed by atoms with van der Waals surface area (Å²) in [5, 5.41) is 10.7. The first-order chi connectivity index (χ1) is 11.2. The molecule has 0 aliphatic heterocycles. The third-order valence-electron chi connectivity index (χ3n) is 4.81. The number of carbonyl (C=O) groups excluding carboxylic acids is 1. The lowest BCUT2D eigenvalue weighted by Crippen LogP contribution is -2.32. The van der Waals surface area contributed by atoms with Gasteiger partial charge in [-0.15, -0.1) is 0 Å². The van der Waals surface area contributed by atoms with Crippen LogP contribution in [0.25, 0.3) is 6.08 Å². The lowest BCUT2D eigenvalue weighted by molar-refractivity contribution is -0.133. The van der Waals surface area contributed by atoms with Crippen LogP contribution in [0.1, 0.15) is 82.3 Å². The van der Waals surface area contributed by atoms with Gasteiger partial charge in [0, 0.05) is 12.0 Å². The zero-order chi connectivity index (χ0) is 16.5. The quantitative estimate of drug-likeness (QED) is 0.556. The predicted octanol–water partition coefficient (Wildman–Crippen LogP) is 5.39. The first kappa shape index (κ1) is 17.9. The normalized spacial score (nSPS) is 19.0. The molecule has 23 heavy (non-hydrogen) atoms.